The quantitative estimate of drug-likeness (QED) is 0.621. The summed E-state index contributed by atoms with van der Waals surface area (Å²) in [5.41, 5.74) is 2.03. The molecule has 2 amide bonds. The van der Waals surface area contributed by atoms with Crippen LogP contribution in [-0.4, -0.2) is 68.2 Å². The molecule has 2 N–H and O–H groups in total. The molecule has 8 heteroatoms. The minimum atomic E-state index is -3.07. The second kappa shape index (κ2) is 11.1. The van der Waals surface area contributed by atoms with E-state index in [9.17, 15) is 13.2 Å². The Kier molecular flexibility index (Phi) is 9.12. The maximum atomic E-state index is 11.8. The van der Waals surface area contributed by atoms with E-state index < -0.39 is 10.0 Å². The summed E-state index contributed by atoms with van der Waals surface area (Å²) in [4.78, 5) is 14.3. The van der Waals surface area contributed by atoms with E-state index in [1.54, 1.807) is 4.31 Å². The molecule has 1 aliphatic heterocycles. The fourth-order valence-corrected chi connectivity index (χ4v) is 4.87. The van der Waals surface area contributed by atoms with Crippen molar-refractivity contribution in [2.75, 3.05) is 37.8 Å². The Morgan fingerprint density at radius 2 is 1.77 bits per heavy atom. The van der Waals surface area contributed by atoms with Crippen molar-refractivity contribution in [1.29, 1.82) is 0 Å². The molecule has 2 rings (SSSR count). The zero-order valence-corrected chi connectivity index (χ0v) is 19.8. The van der Waals surface area contributed by atoms with Gasteiger partial charge in [-0.3, -0.25) is 0 Å². The Hall–Kier alpha value is -1.64. The molecule has 1 fully saturated rings. The molecule has 170 valence electrons. The number of piperidine rings is 1. The fraction of sp³-hybridized carbons (Fsp3) is 0.682. The molecule has 1 heterocycles. The van der Waals surface area contributed by atoms with Crippen molar-refractivity contribution < 1.29 is 13.2 Å². The third-order valence-electron chi connectivity index (χ3n) is 5.73. The standard InChI is InChI=1S/C22H38N4O3S/c1-6-25(16-20-11-13-26(14-12-20)30(5,28)29)18(4)15-19-7-9-21(10-8-19)24-22(27)23-17(2)3/h7-10,17-18,20H,6,11-16H2,1-5H3,(H2,23,24,27). The number of hydrogen-bond acceptors (Lipinski definition) is 4. The maximum absolute atomic E-state index is 11.8. The zero-order valence-electron chi connectivity index (χ0n) is 19.0. The first-order chi connectivity index (χ1) is 14.1. The molecular formula is C22H38N4O3S. The summed E-state index contributed by atoms with van der Waals surface area (Å²) in [7, 11) is -3.07. The number of urea groups is 1. The first-order valence-electron chi connectivity index (χ1n) is 10.9. The number of benzene rings is 1. The van der Waals surface area contributed by atoms with Crippen molar-refractivity contribution in [3.63, 3.8) is 0 Å². The number of anilines is 1. The smallest absolute Gasteiger partial charge is 0.319 e. The third-order valence-corrected chi connectivity index (χ3v) is 7.03. The monoisotopic (exact) mass is 438 g/mol. The van der Waals surface area contributed by atoms with Crippen LogP contribution in [0, 0.1) is 5.92 Å². The number of amides is 2. The highest BCUT2D eigenvalue weighted by Crippen LogP contribution is 2.22. The maximum Gasteiger partial charge on any atom is 0.319 e. The van der Waals surface area contributed by atoms with Crippen LogP contribution in [0.4, 0.5) is 10.5 Å². The van der Waals surface area contributed by atoms with Crippen molar-refractivity contribution >= 4 is 21.7 Å². The molecule has 0 spiro atoms. The van der Waals surface area contributed by atoms with Gasteiger partial charge in [-0.15, -0.1) is 0 Å². The van der Waals surface area contributed by atoms with Gasteiger partial charge >= 0.3 is 6.03 Å². The minimum absolute atomic E-state index is 0.101. The molecular weight excluding hydrogens is 400 g/mol. The van der Waals surface area contributed by atoms with Gasteiger partial charge in [0.25, 0.3) is 0 Å². The summed E-state index contributed by atoms with van der Waals surface area (Å²) in [6.07, 6.45) is 4.09. The van der Waals surface area contributed by atoms with Crippen molar-refractivity contribution in [1.82, 2.24) is 14.5 Å². The highest BCUT2D eigenvalue weighted by molar-refractivity contribution is 7.88. The van der Waals surface area contributed by atoms with E-state index >= 15 is 0 Å². The highest BCUT2D eigenvalue weighted by Gasteiger charge is 2.27. The first kappa shape index (κ1) is 24.6. The predicted molar refractivity (Wildman–Crippen MR) is 123 cm³/mol. The van der Waals surface area contributed by atoms with Gasteiger partial charge < -0.3 is 15.5 Å². The summed E-state index contributed by atoms with van der Waals surface area (Å²) in [6.45, 7) is 11.5. The van der Waals surface area contributed by atoms with Gasteiger partial charge in [-0.1, -0.05) is 19.1 Å². The lowest BCUT2D eigenvalue weighted by atomic mass is 9.96. The van der Waals surface area contributed by atoms with Gasteiger partial charge in [0.1, 0.15) is 0 Å². The van der Waals surface area contributed by atoms with E-state index in [1.165, 1.54) is 11.8 Å². The number of hydrogen-bond donors (Lipinski definition) is 2. The lowest BCUT2D eigenvalue weighted by Gasteiger charge is -2.36. The van der Waals surface area contributed by atoms with Gasteiger partial charge in [0.15, 0.2) is 0 Å². The van der Waals surface area contributed by atoms with E-state index in [0.29, 0.717) is 25.0 Å². The van der Waals surface area contributed by atoms with E-state index in [0.717, 1.165) is 38.0 Å². The highest BCUT2D eigenvalue weighted by atomic mass is 32.2. The Labute approximate surface area is 182 Å². The fourth-order valence-electron chi connectivity index (χ4n) is 4.00. The van der Waals surface area contributed by atoms with Crippen LogP contribution in [-0.2, 0) is 16.4 Å². The van der Waals surface area contributed by atoms with Crippen LogP contribution in [0.3, 0.4) is 0 Å². The van der Waals surface area contributed by atoms with E-state index in [2.05, 4.69) is 41.5 Å². The molecule has 1 aromatic rings. The van der Waals surface area contributed by atoms with Crippen molar-refractivity contribution in [3.05, 3.63) is 29.8 Å². The predicted octanol–water partition coefficient (Wildman–Crippen LogP) is 3.14. The molecule has 1 aromatic carbocycles. The van der Waals surface area contributed by atoms with Gasteiger partial charge in [0.05, 0.1) is 6.26 Å². The Morgan fingerprint density at radius 1 is 1.17 bits per heavy atom. The van der Waals surface area contributed by atoms with Crippen molar-refractivity contribution in [2.45, 2.75) is 59.0 Å². The second-order valence-electron chi connectivity index (χ2n) is 8.70. The molecule has 0 radical (unpaired) electrons. The summed E-state index contributed by atoms with van der Waals surface area (Å²) >= 11 is 0. The van der Waals surface area contributed by atoms with Crippen LogP contribution in [0.2, 0.25) is 0 Å². The normalized spacial score (nSPS) is 17.3. The molecule has 1 atom stereocenters. The number of rotatable bonds is 9. The summed E-state index contributed by atoms with van der Waals surface area (Å²) in [5.74, 6) is 0.538. The molecule has 0 saturated carbocycles. The summed E-state index contributed by atoms with van der Waals surface area (Å²) in [6, 6.07) is 8.33. The number of carbonyl (C=O) groups is 1. The number of carbonyl (C=O) groups excluding carboxylic acids is 1. The molecule has 30 heavy (non-hydrogen) atoms. The lowest BCUT2D eigenvalue weighted by molar-refractivity contribution is 0.152. The van der Waals surface area contributed by atoms with Crippen LogP contribution in [0.25, 0.3) is 0 Å². The molecule has 1 unspecified atom stereocenters. The van der Waals surface area contributed by atoms with E-state index in [-0.39, 0.29) is 12.1 Å². The van der Waals surface area contributed by atoms with Gasteiger partial charge in [0.2, 0.25) is 10.0 Å². The number of likely N-dealkylation sites (N-methyl/N-ethyl adjacent to an activating group) is 1. The first-order valence-corrected chi connectivity index (χ1v) is 12.8. The lowest BCUT2D eigenvalue weighted by Crippen LogP contribution is -2.43. The third kappa shape index (κ3) is 7.89. The largest absolute Gasteiger partial charge is 0.336 e. The van der Waals surface area contributed by atoms with Gasteiger partial charge in [0, 0.05) is 37.4 Å². The minimum Gasteiger partial charge on any atom is -0.336 e. The molecule has 1 saturated heterocycles. The summed E-state index contributed by atoms with van der Waals surface area (Å²) < 4.78 is 25.0. The van der Waals surface area contributed by atoms with Crippen LogP contribution < -0.4 is 10.6 Å². The van der Waals surface area contributed by atoms with Gasteiger partial charge in [-0.2, -0.15) is 0 Å². The number of nitrogens with one attached hydrogen (secondary N) is 2. The molecule has 0 aromatic heterocycles. The number of nitrogens with zero attached hydrogens (tertiary/aromatic N) is 2. The average molecular weight is 439 g/mol. The molecule has 7 nitrogen and oxygen atoms in total. The summed E-state index contributed by atoms with van der Waals surface area (Å²) in [5, 5.41) is 5.67. The van der Waals surface area contributed by atoms with Gasteiger partial charge in [-0.25, -0.2) is 17.5 Å². The Balaban J connectivity index is 1.85. The van der Waals surface area contributed by atoms with Crippen LogP contribution >= 0.6 is 0 Å². The van der Waals surface area contributed by atoms with Crippen LogP contribution in [0.5, 0.6) is 0 Å². The zero-order chi connectivity index (χ0) is 22.3. The average Bonchev–Trinajstić information content (AvgIpc) is 2.66. The van der Waals surface area contributed by atoms with Crippen LogP contribution in [0.1, 0.15) is 46.1 Å². The molecule has 1 aliphatic rings. The van der Waals surface area contributed by atoms with Crippen molar-refractivity contribution in [2.24, 2.45) is 5.92 Å². The number of sulfonamides is 1. The molecule has 0 bridgehead atoms. The van der Waals surface area contributed by atoms with Gasteiger partial charge in [-0.05, 0) is 70.2 Å². The Bertz CT molecular complexity index is 772. The van der Waals surface area contributed by atoms with Crippen LogP contribution in [0.15, 0.2) is 24.3 Å². The topological polar surface area (TPSA) is 81.8 Å². The Morgan fingerprint density at radius 3 is 2.27 bits per heavy atom. The second-order valence-corrected chi connectivity index (χ2v) is 10.7. The van der Waals surface area contributed by atoms with Crippen molar-refractivity contribution in [3.8, 4) is 0 Å². The van der Waals surface area contributed by atoms with E-state index in [4.69, 9.17) is 0 Å². The molecule has 0 aliphatic carbocycles. The SMILES string of the molecule is CCN(CC1CCN(S(C)(=O)=O)CC1)C(C)Cc1ccc(NC(=O)NC(C)C)cc1. The van der Waals surface area contributed by atoms with E-state index in [1.807, 2.05) is 26.0 Å².